The Bertz CT molecular complexity index is 1050. The molecule has 0 radical (unpaired) electrons. The molecule has 0 aliphatic carbocycles. The summed E-state index contributed by atoms with van der Waals surface area (Å²) in [4.78, 5) is 19.6. The van der Waals surface area contributed by atoms with Crippen LogP contribution in [0.5, 0.6) is 17.2 Å². The smallest absolute Gasteiger partial charge is 0.258 e. The van der Waals surface area contributed by atoms with Crippen molar-refractivity contribution < 1.29 is 23.5 Å². The summed E-state index contributed by atoms with van der Waals surface area (Å²) in [6, 6.07) is 12.3. The van der Waals surface area contributed by atoms with Crippen molar-refractivity contribution in [1.82, 2.24) is 15.0 Å². The van der Waals surface area contributed by atoms with Crippen LogP contribution in [-0.4, -0.2) is 48.8 Å². The number of likely N-dealkylation sites (tertiary alicyclic amines) is 1. The van der Waals surface area contributed by atoms with E-state index < -0.39 is 0 Å². The molecule has 3 aromatic rings. The molecule has 1 saturated heterocycles. The standard InChI is InChI=1S/C22H23N3O5/c1-27-15-7-4-6-14(12-15)20-23-21(30-24-20)18-8-5-11-25(18)22(26)17-10-9-16(28-2)13-19(17)29-3/h4,6-7,9-10,12-13,18H,5,8,11H2,1-3H3/t18-/m1/s1. The first-order chi connectivity index (χ1) is 14.6. The number of carbonyl (C=O) groups excluding carboxylic acids is 1. The van der Waals surface area contributed by atoms with Gasteiger partial charge in [-0.05, 0) is 37.1 Å². The van der Waals surface area contributed by atoms with Gasteiger partial charge in [-0.1, -0.05) is 17.3 Å². The highest BCUT2D eigenvalue weighted by atomic mass is 16.5. The fourth-order valence-electron chi connectivity index (χ4n) is 3.65. The van der Waals surface area contributed by atoms with Gasteiger partial charge in [0.15, 0.2) is 0 Å². The highest BCUT2D eigenvalue weighted by molar-refractivity contribution is 5.97. The first-order valence-corrected chi connectivity index (χ1v) is 9.65. The van der Waals surface area contributed by atoms with Crippen LogP contribution < -0.4 is 14.2 Å². The van der Waals surface area contributed by atoms with Gasteiger partial charge in [0.25, 0.3) is 5.91 Å². The van der Waals surface area contributed by atoms with E-state index in [1.54, 1.807) is 37.3 Å². The summed E-state index contributed by atoms with van der Waals surface area (Å²) in [5, 5.41) is 4.11. The Labute approximate surface area is 174 Å². The Hall–Kier alpha value is -3.55. The topological polar surface area (TPSA) is 86.9 Å². The van der Waals surface area contributed by atoms with E-state index in [4.69, 9.17) is 18.7 Å². The monoisotopic (exact) mass is 409 g/mol. The molecule has 4 rings (SSSR count). The van der Waals surface area contributed by atoms with E-state index in [9.17, 15) is 4.79 Å². The zero-order valence-corrected chi connectivity index (χ0v) is 17.1. The molecule has 0 N–H and O–H groups in total. The second kappa shape index (κ2) is 8.44. The molecule has 1 aliphatic rings. The number of carbonyl (C=O) groups is 1. The molecule has 0 saturated carbocycles. The van der Waals surface area contributed by atoms with Gasteiger partial charge in [0.05, 0.1) is 26.9 Å². The number of benzene rings is 2. The van der Waals surface area contributed by atoms with Crippen molar-refractivity contribution in [2.45, 2.75) is 18.9 Å². The molecule has 8 heteroatoms. The highest BCUT2D eigenvalue weighted by Crippen LogP contribution is 2.35. The summed E-state index contributed by atoms with van der Waals surface area (Å²) in [5.74, 6) is 2.55. The number of ether oxygens (including phenoxy) is 3. The molecule has 2 heterocycles. The number of rotatable bonds is 6. The van der Waals surface area contributed by atoms with Crippen LogP contribution in [0.3, 0.4) is 0 Å². The molecular formula is C22H23N3O5. The first kappa shape index (κ1) is 19.8. The molecule has 1 aromatic heterocycles. The lowest BCUT2D eigenvalue weighted by molar-refractivity contribution is 0.0706. The number of hydrogen-bond acceptors (Lipinski definition) is 7. The van der Waals surface area contributed by atoms with Crippen molar-refractivity contribution in [3.8, 4) is 28.6 Å². The Balaban J connectivity index is 1.60. The fourth-order valence-corrected chi connectivity index (χ4v) is 3.65. The fraction of sp³-hybridized carbons (Fsp3) is 0.318. The molecule has 2 aromatic carbocycles. The van der Waals surface area contributed by atoms with Gasteiger partial charge in [-0.3, -0.25) is 4.79 Å². The lowest BCUT2D eigenvalue weighted by Crippen LogP contribution is -2.31. The second-order valence-corrected chi connectivity index (χ2v) is 6.91. The average Bonchev–Trinajstić information content (AvgIpc) is 3.47. The third kappa shape index (κ3) is 3.68. The van der Waals surface area contributed by atoms with E-state index in [0.717, 1.165) is 18.4 Å². The first-order valence-electron chi connectivity index (χ1n) is 9.65. The van der Waals surface area contributed by atoms with E-state index in [2.05, 4.69) is 10.1 Å². The van der Waals surface area contributed by atoms with Crippen LogP contribution in [-0.2, 0) is 0 Å². The predicted octanol–water partition coefficient (Wildman–Crippen LogP) is 3.74. The molecule has 8 nitrogen and oxygen atoms in total. The summed E-state index contributed by atoms with van der Waals surface area (Å²) < 4.78 is 21.4. The molecule has 1 fully saturated rings. The maximum atomic E-state index is 13.3. The molecule has 0 unspecified atom stereocenters. The Morgan fingerprint density at radius 1 is 1.07 bits per heavy atom. The molecule has 1 aliphatic heterocycles. The lowest BCUT2D eigenvalue weighted by Gasteiger charge is -2.23. The normalized spacial score (nSPS) is 15.8. The van der Waals surface area contributed by atoms with E-state index in [1.165, 1.54) is 7.11 Å². The third-order valence-corrected chi connectivity index (χ3v) is 5.21. The zero-order chi connectivity index (χ0) is 21.1. The van der Waals surface area contributed by atoms with Crippen molar-refractivity contribution in [3.63, 3.8) is 0 Å². The zero-order valence-electron chi connectivity index (χ0n) is 17.1. The quantitative estimate of drug-likeness (QED) is 0.613. The van der Waals surface area contributed by atoms with Crippen LogP contribution in [0, 0.1) is 0 Å². The minimum absolute atomic E-state index is 0.141. The van der Waals surface area contributed by atoms with Gasteiger partial charge in [-0.25, -0.2) is 0 Å². The molecule has 30 heavy (non-hydrogen) atoms. The maximum absolute atomic E-state index is 13.3. The number of amides is 1. The largest absolute Gasteiger partial charge is 0.497 e. The predicted molar refractivity (Wildman–Crippen MR) is 109 cm³/mol. The molecule has 1 atom stereocenters. The second-order valence-electron chi connectivity index (χ2n) is 6.91. The lowest BCUT2D eigenvalue weighted by atomic mass is 10.1. The Morgan fingerprint density at radius 3 is 2.63 bits per heavy atom. The van der Waals surface area contributed by atoms with E-state index in [0.29, 0.717) is 41.1 Å². The minimum atomic E-state index is -0.281. The summed E-state index contributed by atoms with van der Waals surface area (Å²) in [6.45, 7) is 0.607. The number of aromatic nitrogens is 2. The van der Waals surface area contributed by atoms with Gasteiger partial charge in [0.2, 0.25) is 11.7 Å². The van der Waals surface area contributed by atoms with Crippen molar-refractivity contribution in [1.29, 1.82) is 0 Å². The van der Waals surface area contributed by atoms with Crippen LogP contribution in [0.4, 0.5) is 0 Å². The number of nitrogens with zero attached hydrogens (tertiary/aromatic N) is 3. The average molecular weight is 409 g/mol. The molecule has 0 bridgehead atoms. The maximum Gasteiger partial charge on any atom is 0.258 e. The van der Waals surface area contributed by atoms with Crippen LogP contribution in [0.2, 0.25) is 0 Å². The van der Waals surface area contributed by atoms with Gasteiger partial charge in [-0.2, -0.15) is 4.98 Å². The van der Waals surface area contributed by atoms with Crippen LogP contribution in [0.15, 0.2) is 47.0 Å². The third-order valence-electron chi connectivity index (χ3n) is 5.21. The van der Waals surface area contributed by atoms with E-state index >= 15 is 0 Å². The highest BCUT2D eigenvalue weighted by Gasteiger charge is 2.35. The van der Waals surface area contributed by atoms with Gasteiger partial charge < -0.3 is 23.6 Å². The SMILES string of the molecule is COc1cccc(-c2noc([C@H]3CCCN3C(=O)c3ccc(OC)cc3OC)n2)c1. The molecular weight excluding hydrogens is 386 g/mol. The Kier molecular flexibility index (Phi) is 5.56. The summed E-state index contributed by atoms with van der Waals surface area (Å²) in [7, 11) is 4.71. The van der Waals surface area contributed by atoms with Crippen molar-refractivity contribution in [3.05, 3.63) is 53.9 Å². The molecule has 156 valence electrons. The number of methoxy groups -OCH3 is 3. The molecule has 1 amide bonds. The van der Waals surface area contributed by atoms with Crippen molar-refractivity contribution >= 4 is 5.91 Å². The number of hydrogen-bond donors (Lipinski definition) is 0. The van der Waals surface area contributed by atoms with Gasteiger partial charge >= 0.3 is 0 Å². The van der Waals surface area contributed by atoms with Crippen LogP contribution >= 0.6 is 0 Å². The summed E-state index contributed by atoms with van der Waals surface area (Å²) >= 11 is 0. The Morgan fingerprint density at radius 2 is 1.87 bits per heavy atom. The molecule has 0 spiro atoms. The minimum Gasteiger partial charge on any atom is -0.497 e. The van der Waals surface area contributed by atoms with Crippen LogP contribution in [0.1, 0.15) is 35.1 Å². The van der Waals surface area contributed by atoms with Gasteiger partial charge in [-0.15, -0.1) is 0 Å². The van der Waals surface area contributed by atoms with Crippen molar-refractivity contribution in [2.75, 3.05) is 27.9 Å². The van der Waals surface area contributed by atoms with Crippen LogP contribution in [0.25, 0.3) is 11.4 Å². The van der Waals surface area contributed by atoms with Gasteiger partial charge in [0.1, 0.15) is 23.3 Å². The summed E-state index contributed by atoms with van der Waals surface area (Å²) in [5.41, 5.74) is 1.26. The summed E-state index contributed by atoms with van der Waals surface area (Å²) in [6.07, 6.45) is 1.61. The van der Waals surface area contributed by atoms with Crippen molar-refractivity contribution in [2.24, 2.45) is 0 Å². The van der Waals surface area contributed by atoms with E-state index in [1.807, 2.05) is 24.3 Å². The van der Waals surface area contributed by atoms with E-state index in [-0.39, 0.29) is 11.9 Å². The van der Waals surface area contributed by atoms with Gasteiger partial charge in [0, 0.05) is 18.2 Å².